The maximum absolute atomic E-state index is 12.2. The summed E-state index contributed by atoms with van der Waals surface area (Å²) in [7, 11) is 0. The molecule has 0 bridgehead atoms. The molecule has 0 aromatic rings. The minimum atomic E-state index is -0.436. The van der Waals surface area contributed by atoms with Gasteiger partial charge in [0, 0.05) is 25.7 Å². The van der Waals surface area contributed by atoms with Crippen LogP contribution in [-0.4, -0.2) is 55.5 Å². The first-order chi connectivity index (χ1) is 10.7. The van der Waals surface area contributed by atoms with Gasteiger partial charge in [-0.1, -0.05) is 12.2 Å². The van der Waals surface area contributed by atoms with Crippen LogP contribution in [0.15, 0.2) is 12.2 Å². The SMILES string of the molecule is C=C(C)COCCNC(C)C1CCCN(C(=O)OC(C)(C)C)C1. The zero-order valence-corrected chi connectivity index (χ0v) is 15.5. The van der Waals surface area contributed by atoms with Crippen LogP contribution in [0.1, 0.15) is 47.5 Å². The monoisotopic (exact) mass is 326 g/mol. The molecule has 0 saturated carbocycles. The third kappa shape index (κ3) is 8.37. The lowest BCUT2D eigenvalue weighted by molar-refractivity contribution is 0.0147. The smallest absolute Gasteiger partial charge is 0.410 e. The molecule has 1 amide bonds. The summed E-state index contributed by atoms with van der Waals surface area (Å²) in [5, 5.41) is 3.50. The molecule has 0 aromatic heterocycles. The van der Waals surface area contributed by atoms with Crippen molar-refractivity contribution < 1.29 is 14.3 Å². The summed E-state index contributed by atoms with van der Waals surface area (Å²) in [5.74, 6) is 0.456. The van der Waals surface area contributed by atoms with Crippen LogP contribution in [0.2, 0.25) is 0 Å². The summed E-state index contributed by atoms with van der Waals surface area (Å²) in [4.78, 5) is 14.0. The van der Waals surface area contributed by atoms with E-state index in [-0.39, 0.29) is 6.09 Å². The average Bonchev–Trinajstić information content (AvgIpc) is 2.44. The van der Waals surface area contributed by atoms with Crippen molar-refractivity contribution in [1.82, 2.24) is 10.2 Å². The molecular formula is C18H34N2O3. The standard InChI is InChI=1S/C18H34N2O3/c1-14(2)13-22-11-9-19-15(3)16-8-7-10-20(12-16)17(21)23-18(4,5)6/h15-16,19H,1,7-13H2,2-6H3. The summed E-state index contributed by atoms with van der Waals surface area (Å²) in [6.45, 7) is 17.3. The van der Waals surface area contributed by atoms with E-state index in [9.17, 15) is 4.79 Å². The molecule has 1 heterocycles. The van der Waals surface area contributed by atoms with Crippen molar-refractivity contribution in [2.24, 2.45) is 5.92 Å². The Morgan fingerprint density at radius 3 is 2.74 bits per heavy atom. The van der Waals surface area contributed by atoms with Gasteiger partial charge in [-0.3, -0.25) is 0 Å². The molecule has 1 fully saturated rings. The van der Waals surface area contributed by atoms with Crippen molar-refractivity contribution in [2.75, 3.05) is 32.8 Å². The van der Waals surface area contributed by atoms with Crippen LogP contribution in [-0.2, 0) is 9.47 Å². The van der Waals surface area contributed by atoms with E-state index in [0.717, 1.165) is 38.0 Å². The minimum absolute atomic E-state index is 0.195. The fraction of sp³-hybridized carbons (Fsp3) is 0.833. The van der Waals surface area contributed by atoms with Crippen LogP contribution in [0.25, 0.3) is 0 Å². The van der Waals surface area contributed by atoms with E-state index in [0.29, 0.717) is 25.2 Å². The van der Waals surface area contributed by atoms with Crippen LogP contribution in [0.3, 0.4) is 0 Å². The highest BCUT2D eigenvalue weighted by atomic mass is 16.6. The van der Waals surface area contributed by atoms with E-state index in [2.05, 4.69) is 18.8 Å². The number of carbonyl (C=O) groups is 1. The van der Waals surface area contributed by atoms with Gasteiger partial charge in [-0.2, -0.15) is 0 Å². The quantitative estimate of drug-likeness (QED) is 0.576. The summed E-state index contributed by atoms with van der Waals surface area (Å²) in [5.41, 5.74) is 0.604. The summed E-state index contributed by atoms with van der Waals surface area (Å²) in [6.07, 6.45) is 1.97. The van der Waals surface area contributed by atoms with Crippen LogP contribution in [0.5, 0.6) is 0 Å². The van der Waals surface area contributed by atoms with E-state index in [1.54, 1.807) is 0 Å². The van der Waals surface area contributed by atoms with Gasteiger partial charge < -0.3 is 19.7 Å². The van der Waals surface area contributed by atoms with E-state index in [4.69, 9.17) is 9.47 Å². The van der Waals surface area contributed by atoms with Gasteiger partial charge in [-0.25, -0.2) is 4.79 Å². The molecule has 5 nitrogen and oxygen atoms in total. The predicted molar refractivity (Wildman–Crippen MR) is 93.6 cm³/mol. The fourth-order valence-corrected chi connectivity index (χ4v) is 2.68. The summed E-state index contributed by atoms with van der Waals surface area (Å²) < 4.78 is 11.0. The molecule has 2 unspecified atom stereocenters. The molecule has 2 atom stereocenters. The largest absolute Gasteiger partial charge is 0.444 e. The van der Waals surface area contributed by atoms with E-state index >= 15 is 0 Å². The molecule has 1 saturated heterocycles. The topological polar surface area (TPSA) is 50.8 Å². The fourth-order valence-electron chi connectivity index (χ4n) is 2.68. The van der Waals surface area contributed by atoms with Gasteiger partial charge in [0.1, 0.15) is 5.60 Å². The van der Waals surface area contributed by atoms with Crippen molar-refractivity contribution in [3.8, 4) is 0 Å². The number of ether oxygens (including phenoxy) is 2. The van der Waals surface area contributed by atoms with Crippen LogP contribution >= 0.6 is 0 Å². The van der Waals surface area contributed by atoms with Gasteiger partial charge in [0.2, 0.25) is 0 Å². The molecule has 1 aliphatic heterocycles. The highest BCUT2D eigenvalue weighted by Gasteiger charge is 2.29. The highest BCUT2D eigenvalue weighted by molar-refractivity contribution is 5.68. The van der Waals surface area contributed by atoms with E-state index < -0.39 is 5.60 Å². The number of amides is 1. The first-order valence-corrected chi connectivity index (χ1v) is 8.62. The molecule has 134 valence electrons. The molecular weight excluding hydrogens is 292 g/mol. The van der Waals surface area contributed by atoms with Gasteiger partial charge in [0.25, 0.3) is 0 Å². The van der Waals surface area contributed by atoms with Gasteiger partial charge in [-0.05, 0) is 53.4 Å². The lowest BCUT2D eigenvalue weighted by Gasteiger charge is -2.36. The zero-order valence-electron chi connectivity index (χ0n) is 15.5. The summed E-state index contributed by atoms with van der Waals surface area (Å²) >= 11 is 0. The number of nitrogens with zero attached hydrogens (tertiary/aromatic N) is 1. The number of piperidine rings is 1. The number of hydrogen-bond acceptors (Lipinski definition) is 4. The third-order valence-electron chi connectivity index (χ3n) is 3.88. The lowest BCUT2D eigenvalue weighted by atomic mass is 9.92. The first-order valence-electron chi connectivity index (χ1n) is 8.62. The van der Waals surface area contributed by atoms with Gasteiger partial charge in [0.15, 0.2) is 0 Å². The maximum atomic E-state index is 12.2. The number of likely N-dealkylation sites (tertiary alicyclic amines) is 1. The van der Waals surface area contributed by atoms with E-state index in [1.165, 1.54) is 0 Å². The van der Waals surface area contributed by atoms with Crippen LogP contribution in [0.4, 0.5) is 4.79 Å². The Kier molecular flexibility index (Phi) is 8.06. The Morgan fingerprint density at radius 2 is 2.13 bits per heavy atom. The second-order valence-electron chi connectivity index (χ2n) is 7.58. The molecule has 0 radical (unpaired) electrons. The van der Waals surface area contributed by atoms with Crippen molar-refractivity contribution >= 4 is 6.09 Å². The second-order valence-corrected chi connectivity index (χ2v) is 7.58. The average molecular weight is 326 g/mol. The lowest BCUT2D eigenvalue weighted by Crippen LogP contribution is -2.48. The predicted octanol–water partition coefficient (Wildman–Crippen LogP) is 3.20. The Morgan fingerprint density at radius 1 is 1.43 bits per heavy atom. The van der Waals surface area contributed by atoms with Crippen LogP contribution in [0, 0.1) is 5.92 Å². The van der Waals surface area contributed by atoms with Crippen molar-refractivity contribution in [3.63, 3.8) is 0 Å². The molecule has 0 spiro atoms. The van der Waals surface area contributed by atoms with Crippen molar-refractivity contribution in [3.05, 3.63) is 12.2 Å². The Bertz CT molecular complexity index is 390. The molecule has 0 aliphatic carbocycles. The van der Waals surface area contributed by atoms with Crippen molar-refractivity contribution in [2.45, 2.75) is 59.1 Å². The second kappa shape index (κ2) is 9.28. The molecule has 1 N–H and O–H groups in total. The van der Waals surface area contributed by atoms with Gasteiger partial charge in [-0.15, -0.1) is 0 Å². The highest BCUT2D eigenvalue weighted by Crippen LogP contribution is 2.21. The molecule has 1 rings (SSSR count). The minimum Gasteiger partial charge on any atom is -0.444 e. The molecule has 0 aromatic carbocycles. The Labute approximate surface area is 141 Å². The molecule has 1 aliphatic rings. The van der Waals surface area contributed by atoms with Crippen molar-refractivity contribution in [1.29, 1.82) is 0 Å². The summed E-state index contributed by atoms with van der Waals surface area (Å²) in [6, 6.07) is 0.355. The molecule has 5 heteroatoms. The van der Waals surface area contributed by atoms with Gasteiger partial charge in [0.05, 0.1) is 13.2 Å². The van der Waals surface area contributed by atoms with E-state index in [1.807, 2.05) is 32.6 Å². The molecule has 23 heavy (non-hydrogen) atoms. The number of rotatable bonds is 7. The van der Waals surface area contributed by atoms with Crippen LogP contribution < -0.4 is 5.32 Å². The maximum Gasteiger partial charge on any atom is 0.410 e. The number of carbonyl (C=O) groups excluding carboxylic acids is 1. The normalized spacial score (nSPS) is 20.2. The Balaban J connectivity index is 2.33. The third-order valence-corrected chi connectivity index (χ3v) is 3.88. The van der Waals surface area contributed by atoms with Gasteiger partial charge >= 0.3 is 6.09 Å². The zero-order chi connectivity index (χ0) is 17.5. The number of nitrogens with one attached hydrogen (secondary N) is 1. The Hall–Kier alpha value is -1.07. The first kappa shape index (κ1) is 20.0. The number of hydrogen-bond donors (Lipinski definition) is 1.